The van der Waals surface area contributed by atoms with Crippen LogP contribution in [0.4, 0.5) is 5.69 Å². The van der Waals surface area contributed by atoms with Crippen LogP contribution in [0, 0.1) is 11.3 Å². The van der Waals surface area contributed by atoms with E-state index < -0.39 is 5.91 Å². The second-order valence-electron chi connectivity index (χ2n) is 7.59. The first kappa shape index (κ1) is 19.1. The Hall–Kier alpha value is -2.66. The predicted octanol–water partition coefficient (Wildman–Crippen LogP) is 3.26. The lowest BCUT2D eigenvalue weighted by molar-refractivity contribution is -0.114. The molecule has 1 aliphatic carbocycles. The zero-order chi connectivity index (χ0) is 19.4. The van der Waals surface area contributed by atoms with Crippen LogP contribution in [0.15, 0.2) is 59.8 Å². The summed E-state index contributed by atoms with van der Waals surface area (Å²) in [6.45, 7) is 6.72. The fourth-order valence-electron chi connectivity index (χ4n) is 3.96. The zero-order valence-corrected chi connectivity index (χ0v) is 16.0. The number of nitrogens with one attached hydrogen (secondary N) is 3. The van der Waals surface area contributed by atoms with Crippen LogP contribution in [-0.2, 0) is 10.2 Å². The number of anilines is 1. The molecule has 1 heterocycles. The van der Waals surface area contributed by atoms with E-state index in [4.69, 9.17) is 11.1 Å². The van der Waals surface area contributed by atoms with Crippen molar-refractivity contribution in [3.05, 3.63) is 65.4 Å². The minimum absolute atomic E-state index is 0.140. The van der Waals surface area contributed by atoms with Crippen molar-refractivity contribution in [1.29, 1.82) is 5.41 Å². The van der Waals surface area contributed by atoms with Gasteiger partial charge in [-0.3, -0.25) is 10.2 Å². The van der Waals surface area contributed by atoms with Gasteiger partial charge in [-0.05, 0) is 49.1 Å². The molecule has 0 radical (unpaired) electrons. The van der Waals surface area contributed by atoms with Crippen molar-refractivity contribution < 1.29 is 4.79 Å². The third-order valence-corrected chi connectivity index (χ3v) is 5.74. The van der Waals surface area contributed by atoms with Gasteiger partial charge in [0.05, 0.1) is 11.3 Å². The summed E-state index contributed by atoms with van der Waals surface area (Å²) in [5.74, 6) is -0.0160. The maximum atomic E-state index is 11.4. The van der Waals surface area contributed by atoms with Crippen LogP contribution in [0.1, 0.15) is 32.3 Å². The summed E-state index contributed by atoms with van der Waals surface area (Å²) in [6, 6.07) is 8.55. The molecule has 3 rings (SSSR count). The van der Waals surface area contributed by atoms with Gasteiger partial charge in [-0.25, -0.2) is 0 Å². The van der Waals surface area contributed by atoms with Gasteiger partial charge in [-0.1, -0.05) is 38.1 Å². The van der Waals surface area contributed by atoms with Gasteiger partial charge < -0.3 is 16.4 Å². The van der Waals surface area contributed by atoms with Gasteiger partial charge in [0.1, 0.15) is 0 Å². The Labute approximate surface area is 160 Å². The molecule has 5 nitrogen and oxygen atoms in total. The molecule has 1 fully saturated rings. The van der Waals surface area contributed by atoms with E-state index in [9.17, 15) is 4.79 Å². The summed E-state index contributed by atoms with van der Waals surface area (Å²) in [5.41, 5.74) is 8.82. The third-order valence-electron chi connectivity index (χ3n) is 5.74. The molecular weight excluding hydrogens is 336 g/mol. The molecular formula is C22H28N4O. The molecule has 1 aromatic carbocycles. The third kappa shape index (κ3) is 3.88. The number of allylic oxidation sites excluding steroid dienone is 4. The van der Waals surface area contributed by atoms with Crippen molar-refractivity contribution in [3.8, 4) is 0 Å². The van der Waals surface area contributed by atoms with Gasteiger partial charge in [0.15, 0.2) is 0 Å². The topological polar surface area (TPSA) is 91.0 Å². The molecule has 5 heteroatoms. The number of carbonyl (C=O) groups is 1. The average molecular weight is 364 g/mol. The summed E-state index contributed by atoms with van der Waals surface area (Å²) in [6.07, 6.45) is 9.24. The van der Waals surface area contributed by atoms with E-state index in [0.29, 0.717) is 11.5 Å². The SMILES string of the molecule is CC(C)C1(c2ccc(N/C=C3/C=CC=C(C(N)=O)C3=N)cc2)CCCNC1. The van der Waals surface area contributed by atoms with Gasteiger partial charge in [-0.2, -0.15) is 0 Å². The molecule has 1 saturated heterocycles. The Morgan fingerprint density at radius 2 is 2.07 bits per heavy atom. The molecule has 142 valence electrons. The van der Waals surface area contributed by atoms with E-state index in [2.05, 4.69) is 48.7 Å². The lowest BCUT2D eigenvalue weighted by Gasteiger charge is -2.42. The summed E-state index contributed by atoms with van der Waals surface area (Å²) in [7, 11) is 0. The van der Waals surface area contributed by atoms with Crippen LogP contribution in [0.5, 0.6) is 0 Å². The van der Waals surface area contributed by atoms with Gasteiger partial charge in [0, 0.05) is 29.4 Å². The first-order valence-corrected chi connectivity index (χ1v) is 9.49. The van der Waals surface area contributed by atoms with E-state index in [1.54, 1.807) is 24.4 Å². The van der Waals surface area contributed by atoms with Crippen LogP contribution in [0.2, 0.25) is 0 Å². The van der Waals surface area contributed by atoms with Crippen molar-refractivity contribution in [2.75, 3.05) is 18.4 Å². The van der Waals surface area contributed by atoms with Crippen molar-refractivity contribution >= 4 is 17.3 Å². The highest BCUT2D eigenvalue weighted by Gasteiger charge is 2.36. The molecule has 0 bridgehead atoms. The number of piperidine rings is 1. The predicted molar refractivity (Wildman–Crippen MR) is 111 cm³/mol. The molecule has 0 saturated carbocycles. The Morgan fingerprint density at radius 3 is 2.67 bits per heavy atom. The second-order valence-corrected chi connectivity index (χ2v) is 7.59. The Kier molecular flexibility index (Phi) is 5.61. The number of carbonyl (C=O) groups excluding carboxylic acids is 1. The molecule has 1 aromatic rings. The fourth-order valence-corrected chi connectivity index (χ4v) is 3.96. The minimum atomic E-state index is -0.584. The molecule has 27 heavy (non-hydrogen) atoms. The monoisotopic (exact) mass is 364 g/mol. The molecule has 2 aliphatic rings. The zero-order valence-electron chi connectivity index (χ0n) is 16.0. The summed E-state index contributed by atoms with van der Waals surface area (Å²) >= 11 is 0. The van der Waals surface area contributed by atoms with Crippen molar-refractivity contribution in [2.24, 2.45) is 11.7 Å². The van der Waals surface area contributed by atoms with Gasteiger partial charge in [0.25, 0.3) is 5.91 Å². The standard InChI is InChI=1S/C22H28N4O/c1-15(2)22(11-4-12-25-14-22)17-7-9-18(10-8-17)26-13-16-5-3-6-19(20(16)23)21(24)27/h3,5-10,13,15,23,25-26H,4,11-12,14H2,1-2H3,(H2,24,27)/b16-13-,23-20?. The van der Waals surface area contributed by atoms with Crippen molar-refractivity contribution in [2.45, 2.75) is 32.1 Å². The molecule has 5 N–H and O–H groups in total. The highest BCUT2D eigenvalue weighted by molar-refractivity contribution is 6.28. The quantitative estimate of drug-likeness (QED) is 0.646. The lowest BCUT2D eigenvalue weighted by atomic mass is 9.67. The first-order chi connectivity index (χ1) is 12.9. The molecule has 0 aromatic heterocycles. The number of nitrogens with two attached hydrogens (primary N) is 1. The van der Waals surface area contributed by atoms with E-state index in [0.717, 1.165) is 18.8 Å². The Balaban J connectivity index is 1.75. The van der Waals surface area contributed by atoms with Crippen LogP contribution in [0.3, 0.4) is 0 Å². The number of primary amides is 1. The van der Waals surface area contributed by atoms with Crippen molar-refractivity contribution in [3.63, 3.8) is 0 Å². The van der Waals surface area contributed by atoms with E-state index in [1.807, 2.05) is 0 Å². The van der Waals surface area contributed by atoms with Gasteiger partial charge in [0.2, 0.25) is 0 Å². The van der Waals surface area contributed by atoms with Crippen LogP contribution >= 0.6 is 0 Å². The Bertz CT molecular complexity index is 809. The number of amides is 1. The fraction of sp³-hybridized carbons (Fsp3) is 0.364. The average Bonchev–Trinajstić information content (AvgIpc) is 2.68. The molecule has 0 spiro atoms. The van der Waals surface area contributed by atoms with Crippen LogP contribution in [0.25, 0.3) is 0 Å². The minimum Gasteiger partial charge on any atom is -0.366 e. The number of rotatable bonds is 5. The normalized spacial score (nSPS) is 24.2. The second kappa shape index (κ2) is 7.92. The van der Waals surface area contributed by atoms with Gasteiger partial charge in [-0.15, -0.1) is 0 Å². The molecule has 1 unspecified atom stereocenters. The smallest absolute Gasteiger partial charge is 0.250 e. The van der Waals surface area contributed by atoms with Crippen molar-refractivity contribution in [1.82, 2.24) is 5.32 Å². The first-order valence-electron chi connectivity index (χ1n) is 9.49. The van der Waals surface area contributed by atoms with E-state index in [1.165, 1.54) is 18.4 Å². The highest BCUT2D eigenvalue weighted by atomic mass is 16.1. The molecule has 1 aliphatic heterocycles. The Morgan fingerprint density at radius 1 is 1.33 bits per heavy atom. The summed E-state index contributed by atoms with van der Waals surface area (Å²) in [5, 5.41) is 14.9. The molecule has 1 atom stereocenters. The maximum absolute atomic E-state index is 11.4. The highest BCUT2D eigenvalue weighted by Crippen LogP contribution is 2.38. The lowest BCUT2D eigenvalue weighted by Crippen LogP contribution is -2.46. The van der Waals surface area contributed by atoms with Crippen LogP contribution in [-0.4, -0.2) is 24.7 Å². The molecule has 1 amide bonds. The summed E-state index contributed by atoms with van der Waals surface area (Å²) in [4.78, 5) is 11.4. The number of hydrogen-bond acceptors (Lipinski definition) is 4. The van der Waals surface area contributed by atoms with E-state index >= 15 is 0 Å². The van der Waals surface area contributed by atoms with Crippen LogP contribution < -0.4 is 16.4 Å². The largest absolute Gasteiger partial charge is 0.366 e. The maximum Gasteiger partial charge on any atom is 0.250 e. The number of benzene rings is 1. The summed E-state index contributed by atoms with van der Waals surface area (Å²) < 4.78 is 0. The van der Waals surface area contributed by atoms with E-state index in [-0.39, 0.29) is 16.7 Å². The van der Waals surface area contributed by atoms with Gasteiger partial charge >= 0.3 is 0 Å². The number of hydrogen-bond donors (Lipinski definition) is 4.